The maximum Gasteiger partial charge on any atom is 0.287 e. The normalized spacial score (nSPS) is 18.6. The van der Waals surface area contributed by atoms with E-state index in [9.17, 15) is 14.7 Å². The molecule has 2 aromatic carbocycles. The van der Waals surface area contributed by atoms with Gasteiger partial charge < -0.3 is 5.11 Å². The van der Waals surface area contributed by atoms with E-state index in [-0.39, 0.29) is 11.4 Å². The number of carbonyl (C=O) groups excluding carboxylic acids is 2. The Bertz CT molecular complexity index is 1050. The number of para-hydroxylation sites is 1. The molecule has 3 aromatic rings. The number of aromatic amines is 1. The Morgan fingerprint density at radius 1 is 1.18 bits per heavy atom. The topological polar surface area (TPSA) is 98.3 Å². The molecule has 142 valence electrons. The molecule has 0 unspecified atom stereocenters. The molecule has 1 aromatic heterocycles. The molecule has 2 amide bonds. The average Bonchev–Trinajstić information content (AvgIpc) is 3.19. The smallest absolute Gasteiger partial charge is 0.287 e. The second kappa shape index (κ2) is 7.18. The number of aromatic nitrogens is 2. The summed E-state index contributed by atoms with van der Waals surface area (Å²) in [5, 5.41) is 17.6. The van der Waals surface area contributed by atoms with Crippen molar-refractivity contribution in [2.24, 2.45) is 0 Å². The van der Waals surface area contributed by atoms with Gasteiger partial charge in [-0.2, -0.15) is 5.10 Å². The van der Waals surface area contributed by atoms with Crippen LogP contribution in [0, 0.1) is 0 Å². The van der Waals surface area contributed by atoms with Crippen LogP contribution >= 0.6 is 23.2 Å². The van der Waals surface area contributed by atoms with Crippen molar-refractivity contribution in [3.63, 3.8) is 0 Å². The molecule has 0 saturated carbocycles. The highest BCUT2D eigenvalue weighted by Gasteiger charge is 2.49. The third-order valence-electron chi connectivity index (χ3n) is 4.47. The minimum Gasteiger partial charge on any atom is -0.508 e. The third kappa shape index (κ3) is 3.19. The minimum absolute atomic E-state index is 0.00327. The first-order valence-electron chi connectivity index (χ1n) is 8.33. The molecule has 1 fully saturated rings. The number of nitrogens with one attached hydrogen (secondary N) is 2. The highest BCUT2D eigenvalue weighted by atomic mass is 35.5. The molecule has 1 aliphatic rings. The number of phenols is 1. The molecule has 4 rings (SSSR count). The minimum atomic E-state index is -0.875. The van der Waals surface area contributed by atoms with Crippen LogP contribution < -0.4 is 5.43 Å². The molecule has 2 heterocycles. The number of hydrazine groups is 1. The maximum atomic E-state index is 12.6. The second-order valence-electron chi connectivity index (χ2n) is 6.23. The van der Waals surface area contributed by atoms with E-state index in [4.69, 9.17) is 23.2 Å². The standard InChI is InChI=1S/C19H14Cl2N4O3/c20-11-7-5-10(6-8-11)13-9-14(23-22-13)18(27)24-25-17(16(21)19(25)28)12-3-1-2-4-15(12)26/h1-9,16-17,26H,(H,22,23)(H,24,27)/t16-,17-/m1/s1. The van der Waals surface area contributed by atoms with Gasteiger partial charge in [0.1, 0.15) is 22.9 Å². The van der Waals surface area contributed by atoms with E-state index < -0.39 is 23.2 Å². The lowest BCUT2D eigenvalue weighted by atomic mass is 9.94. The zero-order valence-corrected chi connectivity index (χ0v) is 15.8. The molecule has 0 aliphatic carbocycles. The lowest BCUT2D eigenvalue weighted by molar-refractivity contribution is -0.149. The molecule has 0 radical (unpaired) electrons. The maximum absolute atomic E-state index is 12.6. The first kappa shape index (κ1) is 18.3. The van der Waals surface area contributed by atoms with E-state index in [1.54, 1.807) is 48.5 Å². The number of aromatic hydroxyl groups is 1. The van der Waals surface area contributed by atoms with Crippen molar-refractivity contribution in [1.29, 1.82) is 0 Å². The summed E-state index contributed by atoms with van der Waals surface area (Å²) in [6.07, 6.45) is 0. The Balaban J connectivity index is 1.52. The van der Waals surface area contributed by atoms with E-state index >= 15 is 0 Å². The van der Waals surface area contributed by atoms with Gasteiger partial charge >= 0.3 is 0 Å². The van der Waals surface area contributed by atoms with Gasteiger partial charge in [-0.3, -0.25) is 20.1 Å². The van der Waals surface area contributed by atoms with Gasteiger partial charge in [0.15, 0.2) is 0 Å². The zero-order chi connectivity index (χ0) is 19.8. The molecule has 0 bridgehead atoms. The molecule has 7 nitrogen and oxygen atoms in total. The van der Waals surface area contributed by atoms with Crippen LogP contribution in [0.1, 0.15) is 22.1 Å². The van der Waals surface area contributed by atoms with Crippen molar-refractivity contribution >= 4 is 35.0 Å². The van der Waals surface area contributed by atoms with Gasteiger partial charge in [0.25, 0.3) is 11.8 Å². The van der Waals surface area contributed by atoms with Gasteiger partial charge in [0, 0.05) is 16.1 Å². The fourth-order valence-corrected chi connectivity index (χ4v) is 3.47. The Labute approximate surface area is 169 Å². The van der Waals surface area contributed by atoms with Crippen molar-refractivity contribution in [2.75, 3.05) is 0 Å². The first-order chi connectivity index (χ1) is 13.5. The molecule has 3 N–H and O–H groups in total. The van der Waals surface area contributed by atoms with Gasteiger partial charge in [-0.25, -0.2) is 5.01 Å². The van der Waals surface area contributed by atoms with Crippen LogP contribution in [-0.4, -0.2) is 37.5 Å². The average molecular weight is 417 g/mol. The summed E-state index contributed by atoms with van der Waals surface area (Å²) in [6, 6.07) is 14.4. The number of rotatable bonds is 4. The van der Waals surface area contributed by atoms with Crippen LogP contribution in [0.5, 0.6) is 5.75 Å². The van der Waals surface area contributed by atoms with Gasteiger partial charge in [-0.15, -0.1) is 11.6 Å². The molecule has 2 atom stereocenters. The molecular formula is C19H14Cl2N4O3. The van der Waals surface area contributed by atoms with Gasteiger partial charge in [0.05, 0.1) is 5.69 Å². The Morgan fingerprint density at radius 2 is 1.89 bits per heavy atom. The Kier molecular flexibility index (Phi) is 4.70. The van der Waals surface area contributed by atoms with E-state index in [0.717, 1.165) is 10.6 Å². The highest BCUT2D eigenvalue weighted by Crippen LogP contribution is 2.40. The monoisotopic (exact) mass is 416 g/mol. The number of β-lactam (4-membered cyclic amide) rings is 1. The number of carbonyl (C=O) groups is 2. The van der Waals surface area contributed by atoms with Crippen molar-refractivity contribution in [2.45, 2.75) is 11.4 Å². The van der Waals surface area contributed by atoms with E-state index in [0.29, 0.717) is 16.3 Å². The van der Waals surface area contributed by atoms with E-state index in [1.807, 2.05) is 0 Å². The number of hydrogen-bond acceptors (Lipinski definition) is 4. The van der Waals surface area contributed by atoms with Crippen molar-refractivity contribution in [1.82, 2.24) is 20.6 Å². The fourth-order valence-electron chi connectivity index (χ4n) is 2.99. The van der Waals surface area contributed by atoms with Crippen molar-refractivity contribution < 1.29 is 14.7 Å². The van der Waals surface area contributed by atoms with Crippen LogP contribution in [0.25, 0.3) is 11.3 Å². The largest absolute Gasteiger partial charge is 0.508 e. The predicted octanol–water partition coefficient (Wildman–Crippen LogP) is 3.27. The summed E-state index contributed by atoms with van der Waals surface area (Å²) in [5.41, 5.74) is 4.49. The molecule has 28 heavy (non-hydrogen) atoms. The lowest BCUT2D eigenvalue weighted by Gasteiger charge is -2.43. The number of amides is 2. The number of H-pyrrole nitrogens is 1. The molecule has 1 aliphatic heterocycles. The molecule has 9 heteroatoms. The molecule has 0 spiro atoms. The quantitative estimate of drug-likeness (QED) is 0.448. The lowest BCUT2D eigenvalue weighted by Crippen LogP contribution is -2.63. The number of benzene rings is 2. The number of phenolic OH excluding ortho intramolecular Hbond substituents is 1. The highest BCUT2D eigenvalue weighted by molar-refractivity contribution is 6.33. The summed E-state index contributed by atoms with van der Waals surface area (Å²) in [6.45, 7) is 0. The number of alkyl halides is 1. The number of nitrogens with zero attached hydrogens (tertiary/aromatic N) is 2. The van der Waals surface area contributed by atoms with Gasteiger partial charge in [-0.1, -0.05) is 41.9 Å². The summed E-state index contributed by atoms with van der Waals surface area (Å²) in [5.74, 6) is -1.01. The van der Waals surface area contributed by atoms with Gasteiger partial charge in [0.2, 0.25) is 0 Å². The Morgan fingerprint density at radius 3 is 2.61 bits per heavy atom. The predicted molar refractivity (Wildman–Crippen MR) is 104 cm³/mol. The van der Waals surface area contributed by atoms with Crippen molar-refractivity contribution in [3.8, 4) is 17.0 Å². The van der Waals surface area contributed by atoms with E-state index in [2.05, 4.69) is 15.6 Å². The number of halogens is 2. The van der Waals surface area contributed by atoms with Crippen LogP contribution in [-0.2, 0) is 4.79 Å². The Hall–Kier alpha value is -3.03. The summed E-state index contributed by atoms with van der Waals surface area (Å²) >= 11 is 12.0. The van der Waals surface area contributed by atoms with Crippen LogP contribution in [0.4, 0.5) is 0 Å². The fraction of sp³-hybridized carbons (Fsp3) is 0.105. The molecule has 1 saturated heterocycles. The third-order valence-corrected chi connectivity index (χ3v) is 5.15. The zero-order valence-electron chi connectivity index (χ0n) is 14.3. The SMILES string of the molecule is O=C(NN1C(=O)[C@H](Cl)[C@H]1c1ccccc1O)c1cc(-c2ccc(Cl)cc2)n[nH]1. The summed E-state index contributed by atoms with van der Waals surface area (Å²) in [4.78, 5) is 24.7. The summed E-state index contributed by atoms with van der Waals surface area (Å²) in [7, 11) is 0. The molecular weight excluding hydrogens is 403 g/mol. The van der Waals surface area contributed by atoms with Crippen LogP contribution in [0.2, 0.25) is 5.02 Å². The number of hydrogen-bond donors (Lipinski definition) is 3. The van der Waals surface area contributed by atoms with Crippen molar-refractivity contribution in [3.05, 3.63) is 70.9 Å². The second-order valence-corrected chi connectivity index (χ2v) is 7.13. The van der Waals surface area contributed by atoms with Crippen LogP contribution in [0.3, 0.4) is 0 Å². The van der Waals surface area contributed by atoms with Crippen LogP contribution in [0.15, 0.2) is 54.6 Å². The first-order valence-corrected chi connectivity index (χ1v) is 9.14. The van der Waals surface area contributed by atoms with E-state index in [1.165, 1.54) is 6.07 Å². The summed E-state index contributed by atoms with van der Waals surface area (Å²) < 4.78 is 0. The van der Waals surface area contributed by atoms with Gasteiger partial charge in [-0.05, 0) is 24.3 Å².